The van der Waals surface area contributed by atoms with Crippen LogP contribution < -0.4 is 4.72 Å². The van der Waals surface area contributed by atoms with Crippen molar-refractivity contribution in [1.82, 2.24) is 4.72 Å². The fourth-order valence-corrected chi connectivity index (χ4v) is 4.13. The lowest BCUT2D eigenvalue weighted by Crippen LogP contribution is -2.26. The summed E-state index contributed by atoms with van der Waals surface area (Å²) in [5, 5.41) is 19.4. The molecule has 8 nitrogen and oxygen atoms in total. The summed E-state index contributed by atoms with van der Waals surface area (Å²) in [5.41, 5.74) is 1.20. The highest BCUT2D eigenvalue weighted by atomic mass is 32.2. The zero-order valence-corrected chi connectivity index (χ0v) is 16.2. The molecule has 1 aromatic carbocycles. The van der Waals surface area contributed by atoms with Crippen molar-refractivity contribution in [3.8, 4) is 0 Å². The van der Waals surface area contributed by atoms with Gasteiger partial charge in [-0.1, -0.05) is 30.4 Å². The van der Waals surface area contributed by atoms with Crippen molar-refractivity contribution in [3.05, 3.63) is 63.9 Å². The summed E-state index contributed by atoms with van der Waals surface area (Å²) >= 11 is 0. The molecule has 0 bridgehead atoms. The number of rotatable bonds is 11. The Kier molecular flexibility index (Phi) is 7.74. The van der Waals surface area contributed by atoms with Gasteiger partial charge in [-0.3, -0.25) is 19.6 Å². The van der Waals surface area contributed by atoms with Gasteiger partial charge in [0, 0.05) is 24.3 Å². The van der Waals surface area contributed by atoms with Crippen LogP contribution in [0.5, 0.6) is 0 Å². The van der Waals surface area contributed by atoms with Crippen LogP contribution in [-0.2, 0) is 21.2 Å². The molecule has 28 heavy (non-hydrogen) atoms. The molecule has 0 spiro atoms. The molecule has 1 aromatic rings. The standard InChI is InChI=1S/C19H24N2O6S/c22-19(23)8-3-1-2-5-15-9-10-17(13-15)20-28(26,27)12-11-16-6-4-7-18(14-16)21(24)25/h2,4-7,13-15,20H,1,3,8-12H2,(H,22,23). The maximum atomic E-state index is 12.3. The van der Waals surface area contributed by atoms with Gasteiger partial charge >= 0.3 is 5.97 Å². The number of nitrogens with one attached hydrogen (secondary N) is 1. The number of nitro benzene ring substituents is 1. The molecule has 0 saturated heterocycles. The Labute approximate surface area is 164 Å². The van der Waals surface area contributed by atoms with Gasteiger partial charge in [0.05, 0.1) is 10.7 Å². The number of benzene rings is 1. The van der Waals surface area contributed by atoms with Gasteiger partial charge < -0.3 is 5.11 Å². The van der Waals surface area contributed by atoms with E-state index in [-0.39, 0.29) is 30.2 Å². The third kappa shape index (κ3) is 7.51. The number of hydrogen-bond acceptors (Lipinski definition) is 5. The number of allylic oxidation sites excluding steroid dienone is 4. The maximum Gasteiger partial charge on any atom is 0.303 e. The molecule has 2 N–H and O–H groups in total. The van der Waals surface area contributed by atoms with Crippen LogP contribution >= 0.6 is 0 Å². The second-order valence-corrected chi connectivity index (χ2v) is 8.55. The monoisotopic (exact) mass is 408 g/mol. The molecule has 0 heterocycles. The molecule has 0 aromatic heterocycles. The molecule has 1 aliphatic rings. The topological polar surface area (TPSA) is 127 Å². The van der Waals surface area contributed by atoms with E-state index in [1.807, 2.05) is 18.2 Å². The van der Waals surface area contributed by atoms with Crippen molar-refractivity contribution in [1.29, 1.82) is 0 Å². The summed E-state index contributed by atoms with van der Waals surface area (Å²) in [7, 11) is -3.54. The van der Waals surface area contributed by atoms with Gasteiger partial charge in [0.15, 0.2) is 0 Å². The van der Waals surface area contributed by atoms with Crippen molar-refractivity contribution in [2.75, 3.05) is 5.75 Å². The van der Waals surface area contributed by atoms with Crippen molar-refractivity contribution in [2.24, 2.45) is 5.92 Å². The fraction of sp³-hybridized carbons (Fsp3) is 0.421. The minimum Gasteiger partial charge on any atom is -0.481 e. The van der Waals surface area contributed by atoms with Crippen LogP contribution in [0.4, 0.5) is 5.69 Å². The highest BCUT2D eigenvalue weighted by Gasteiger charge is 2.19. The number of nitro groups is 1. The van der Waals surface area contributed by atoms with Gasteiger partial charge in [0.2, 0.25) is 10.0 Å². The average Bonchev–Trinajstić information content (AvgIpc) is 3.06. The predicted molar refractivity (Wildman–Crippen MR) is 105 cm³/mol. The largest absolute Gasteiger partial charge is 0.481 e. The molecule has 1 unspecified atom stereocenters. The van der Waals surface area contributed by atoms with Gasteiger partial charge in [-0.25, -0.2) is 8.42 Å². The summed E-state index contributed by atoms with van der Waals surface area (Å²) in [5.74, 6) is -0.823. The van der Waals surface area contributed by atoms with E-state index in [2.05, 4.69) is 4.72 Å². The molecule has 0 aliphatic heterocycles. The summed E-state index contributed by atoms with van der Waals surface area (Å²) < 4.78 is 27.2. The van der Waals surface area contributed by atoms with Gasteiger partial charge in [-0.15, -0.1) is 0 Å². The molecular formula is C19H24N2O6S. The van der Waals surface area contributed by atoms with Crippen molar-refractivity contribution >= 4 is 21.7 Å². The normalized spacial score (nSPS) is 16.9. The summed E-state index contributed by atoms with van der Waals surface area (Å²) in [6.07, 6.45) is 8.81. The predicted octanol–water partition coefficient (Wildman–Crippen LogP) is 3.16. The van der Waals surface area contributed by atoms with E-state index in [1.54, 1.807) is 12.1 Å². The number of non-ortho nitro benzene ring substituents is 1. The first kappa shape index (κ1) is 21.6. The number of nitrogens with zero attached hydrogens (tertiary/aromatic N) is 1. The molecule has 9 heteroatoms. The number of hydrogen-bond donors (Lipinski definition) is 2. The van der Waals surface area contributed by atoms with Crippen LogP contribution in [0.2, 0.25) is 0 Å². The molecule has 0 amide bonds. The number of carbonyl (C=O) groups is 1. The molecular weight excluding hydrogens is 384 g/mol. The van der Waals surface area contributed by atoms with Gasteiger partial charge in [-0.05, 0) is 43.6 Å². The van der Waals surface area contributed by atoms with Crippen LogP contribution in [-0.4, -0.2) is 30.2 Å². The zero-order chi connectivity index (χ0) is 20.6. The number of aryl methyl sites for hydroxylation is 1. The van der Waals surface area contributed by atoms with Gasteiger partial charge in [0.1, 0.15) is 0 Å². The van der Waals surface area contributed by atoms with E-state index < -0.39 is 20.9 Å². The summed E-state index contributed by atoms with van der Waals surface area (Å²) in [6, 6.07) is 5.97. The Morgan fingerprint density at radius 3 is 2.89 bits per heavy atom. The lowest BCUT2D eigenvalue weighted by atomic mass is 10.1. The fourth-order valence-electron chi connectivity index (χ4n) is 2.95. The summed E-state index contributed by atoms with van der Waals surface area (Å²) in [6.45, 7) is 0. The van der Waals surface area contributed by atoms with E-state index in [0.29, 0.717) is 30.5 Å². The Bertz CT molecular complexity index is 876. The van der Waals surface area contributed by atoms with Crippen molar-refractivity contribution in [3.63, 3.8) is 0 Å². The van der Waals surface area contributed by atoms with Crippen molar-refractivity contribution < 1.29 is 23.2 Å². The highest BCUT2D eigenvalue weighted by molar-refractivity contribution is 7.89. The number of carboxylic acid groups (broad SMARTS) is 1. The molecule has 0 saturated carbocycles. The first-order valence-corrected chi connectivity index (χ1v) is 10.7. The van der Waals surface area contributed by atoms with Gasteiger partial charge in [-0.2, -0.15) is 0 Å². The number of sulfonamides is 1. The first-order valence-electron chi connectivity index (χ1n) is 9.08. The third-order valence-electron chi connectivity index (χ3n) is 4.37. The van der Waals surface area contributed by atoms with E-state index in [0.717, 1.165) is 6.42 Å². The van der Waals surface area contributed by atoms with Gasteiger partial charge in [0.25, 0.3) is 5.69 Å². The van der Waals surface area contributed by atoms with Crippen LogP contribution in [0.1, 0.15) is 37.7 Å². The zero-order valence-electron chi connectivity index (χ0n) is 15.4. The smallest absolute Gasteiger partial charge is 0.303 e. The lowest BCUT2D eigenvalue weighted by Gasteiger charge is -2.08. The minimum absolute atomic E-state index is 0.0562. The number of aliphatic carboxylic acids is 1. The van der Waals surface area contributed by atoms with Crippen LogP contribution in [0.3, 0.4) is 0 Å². The maximum absolute atomic E-state index is 12.3. The summed E-state index contributed by atoms with van der Waals surface area (Å²) in [4.78, 5) is 20.7. The number of carboxylic acids is 1. The Balaban J connectivity index is 1.83. The first-order chi connectivity index (χ1) is 13.2. The molecule has 0 radical (unpaired) electrons. The Hall–Kier alpha value is -2.68. The molecule has 152 valence electrons. The third-order valence-corrected chi connectivity index (χ3v) is 5.69. The average molecular weight is 408 g/mol. The SMILES string of the molecule is O=C(O)CCCC=CC1C=C(NS(=O)(=O)CCc2cccc([N+](=O)[O-])c2)CC1. The molecule has 0 fully saturated rings. The van der Waals surface area contributed by atoms with Crippen LogP contribution in [0, 0.1) is 16.0 Å². The second kappa shape index (κ2) is 10.0. The second-order valence-electron chi connectivity index (χ2n) is 6.71. The van der Waals surface area contributed by atoms with E-state index >= 15 is 0 Å². The highest BCUT2D eigenvalue weighted by Crippen LogP contribution is 2.24. The quantitative estimate of drug-likeness (QED) is 0.251. The van der Waals surface area contributed by atoms with Crippen LogP contribution in [0.15, 0.2) is 48.2 Å². The van der Waals surface area contributed by atoms with Crippen molar-refractivity contribution in [2.45, 2.75) is 38.5 Å². The Morgan fingerprint density at radius 1 is 1.39 bits per heavy atom. The van der Waals surface area contributed by atoms with E-state index in [1.165, 1.54) is 12.1 Å². The van der Waals surface area contributed by atoms with E-state index in [9.17, 15) is 23.3 Å². The molecule has 1 aliphatic carbocycles. The molecule has 1 atom stereocenters. The number of unbranched alkanes of at least 4 members (excludes halogenated alkanes) is 1. The lowest BCUT2D eigenvalue weighted by molar-refractivity contribution is -0.384. The molecule has 2 rings (SSSR count). The minimum atomic E-state index is -3.54. The van der Waals surface area contributed by atoms with Crippen LogP contribution in [0.25, 0.3) is 0 Å². The van der Waals surface area contributed by atoms with E-state index in [4.69, 9.17) is 5.11 Å². The Morgan fingerprint density at radius 2 is 2.18 bits per heavy atom.